The fourth-order valence-electron chi connectivity index (χ4n) is 1.74. The Balaban J connectivity index is 2.06. The van der Waals surface area contributed by atoms with Gasteiger partial charge in [0.2, 0.25) is 0 Å². The Morgan fingerprint density at radius 3 is 2.28 bits per heavy atom. The number of nitrogens with two attached hydrogens (primary N) is 1. The second-order valence-electron chi connectivity index (χ2n) is 4.23. The molecule has 0 bridgehead atoms. The Labute approximate surface area is 107 Å². The summed E-state index contributed by atoms with van der Waals surface area (Å²) in [4.78, 5) is 12.0. The van der Waals surface area contributed by atoms with E-state index >= 15 is 0 Å². The van der Waals surface area contributed by atoms with Crippen molar-refractivity contribution in [2.24, 2.45) is 0 Å². The molecule has 0 aliphatic rings. The van der Waals surface area contributed by atoms with E-state index in [9.17, 15) is 4.79 Å². The number of nitrogens with one attached hydrogen (secondary N) is 1. The molecule has 0 heterocycles. The third kappa shape index (κ3) is 2.88. The van der Waals surface area contributed by atoms with Crippen molar-refractivity contribution in [3.05, 3.63) is 65.7 Å². The van der Waals surface area contributed by atoms with Gasteiger partial charge in [0.15, 0.2) is 0 Å². The SMILES string of the molecule is CC(NC(=O)c1ccccc1)c1ccc(N)cc1. The highest BCUT2D eigenvalue weighted by Gasteiger charge is 2.10. The van der Waals surface area contributed by atoms with Crippen LogP contribution in [0.3, 0.4) is 0 Å². The summed E-state index contributed by atoms with van der Waals surface area (Å²) in [6, 6.07) is 16.7. The van der Waals surface area contributed by atoms with Crippen molar-refractivity contribution in [3.8, 4) is 0 Å². The molecule has 0 aliphatic heterocycles. The van der Waals surface area contributed by atoms with E-state index < -0.39 is 0 Å². The summed E-state index contributed by atoms with van der Waals surface area (Å²) < 4.78 is 0. The zero-order valence-electron chi connectivity index (χ0n) is 10.3. The van der Waals surface area contributed by atoms with Gasteiger partial charge in [-0.1, -0.05) is 30.3 Å². The van der Waals surface area contributed by atoms with E-state index in [2.05, 4.69) is 5.32 Å². The van der Waals surface area contributed by atoms with Crippen molar-refractivity contribution in [2.45, 2.75) is 13.0 Å². The van der Waals surface area contributed by atoms with Gasteiger partial charge in [-0.05, 0) is 36.8 Å². The van der Waals surface area contributed by atoms with E-state index in [1.807, 2.05) is 49.4 Å². The summed E-state index contributed by atoms with van der Waals surface area (Å²) in [5.41, 5.74) is 8.06. The van der Waals surface area contributed by atoms with Crippen LogP contribution in [0.15, 0.2) is 54.6 Å². The molecule has 2 aromatic carbocycles. The minimum absolute atomic E-state index is 0.0432. The molecule has 3 heteroatoms. The minimum atomic E-state index is -0.0695. The molecule has 2 rings (SSSR count). The number of nitrogen functional groups attached to an aromatic ring is 1. The van der Waals surface area contributed by atoms with Gasteiger partial charge < -0.3 is 11.1 Å². The first-order valence-corrected chi connectivity index (χ1v) is 5.88. The number of hydrogen-bond donors (Lipinski definition) is 2. The predicted molar refractivity (Wildman–Crippen MR) is 73.2 cm³/mol. The van der Waals surface area contributed by atoms with Gasteiger partial charge in [0.1, 0.15) is 0 Å². The smallest absolute Gasteiger partial charge is 0.251 e. The molecule has 0 saturated carbocycles. The molecule has 1 unspecified atom stereocenters. The van der Waals surface area contributed by atoms with Crippen LogP contribution >= 0.6 is 0 Å². The van der Waals surface area contributed by atoms with Crippen molar-refractivity contribution >= 4 is 11.6 Å². The van der Waals surface area contributed by atoms with Crippen molar-refractivity contribution in [3.63, 3.8) is 0 Å². The summed E-state index contributed by atoms with van der Waals surface area (Å²) in [5.74, 6) is -0.0695. The van der Waals surface area contributed by atoms with Crippen molar-refractivity contribution in [1.29, 1.82) is 0 Å². The third-order valence-corrected chi connectivity index (χ3v) is 2.82. The second kappa shape index (κ2) is 5.36. The molecule has 0 fully saturated rings. The van der Waals surface area contributed by atoms with Gasteiger partial charge in [-0.2, -0.15) is 0 Å². The lowest BCUT2D eigenvalue weighted by molar-refractivity contribution is 0.0940. The van der Waals surface area contributed by atoms with Crippen molar-refractivity contribution in [2.75, 3.05) is 5.73 Å². The molecule has 1 amide bonds. The number of rotatable bonds is 3. The lowest BCUT2D eigenvalue weighted by atomic mass is 10.1. The van der Waals surface area contributed by atoms with Gasteiger partial charge in [-0.25, -0.2) is 0 Å². The predicted octanol–water partition coefficient (Wildman–Crippen LogP) is 2.76. The van der Waals surface area contributed by atoms with Crippen LogP contribution < -0.4 is 11.1 Å². The molecule has 0 radical (unpaired) electrons. The van der Waals surface area contributed by atoms with Gasteiger partial charge in [0.25, 0.3) is 5.91 Å². The lowest BCUT2D eigenvalue weighted by Gasteiger charge is -2.14. The summed E-state index contributed by atoms with van der Waals surface area (Å²) in [7, 11) is 0. The molecule has 1 atom stereocenters. The molecule has 0 aromatic heterocycles. The number of carbonyl (C=O) groups is 1. The summed E-state index contributed by atoms with van der Waals surface area (Å²) >= 11 is 0. The van der Waals surface area contributed by atoms with Gasteiger partial charge in [-0.15, -0.1) is 0 Å². The van der Waals surface area contributed by atoms with Crippen LogP contribution in [-0.2, 0) is 0 Å². The molecule has 3 N–H and O–H groups in total. The van der Waals surface area contributed by atoms with Crippen LogP contribution in [0.2, 0.25) is 0 Å². The summed E-state index contributed by atoms with van der Waals surface area (Å²) in [5, 5.41) is 2.95. The maximum Gasteiger partial charge on any atom is 0.251 e. The molecule has 18 heavy (non-hydrogen) atoms. The van der Waals surface area contributed by atoms with Gasteiger partial charge >= 0.3 is 0 Å². The largest absolute Gasteiger partial charge is 0.399 e. The monoisotopic (exact) mass is 240 g/mol. The second-order valence-corrected chi connectivity index (χ2v) is 4.23. The lowest BCUT2D eigenvalue weighted by Crippen LogP contribution is -2.26. The van der Waals surface area contributed by atoms with E-state index in [4.69, 9.17) is 5.73 Å². The highest BCUT2D eigenvalue weighted by Crippen LogP contribution is 2.14. The maximum atomic E-state index is 12.0. The summed E-state index contributed by atoms with van der Waals surface area (Å²) in [6.45, 7) is 1.95. The van der Waals surface area contributed by atoms with Crippen LogP contribution in [0, 0.1) is 0 Å². The molecule has 0 spiro atoms. The fraction of sp³-hybridized carbons (Fsp3) is 0.133. The van der Waals surface area contributed by atoms with E-state index in [-0.39, 0.29) is 11.9 Å². The highest BCUT2D eigenvalue weighted by molar-refractivity contribution is 5.94. The number of anilines is 1. The van der Waals surface area contributed by atoms with Crippen LogP contribution in [0.4, 0.5) is 5.69 Å². The molecule has 3 nitrogen and oxygen atoms in total. The zero-order valence-corrected chi connectivity index (χ0v) is 10.3. The first kappa shape index (κ1) is 12.2. The highest BCUT2D eigenvalue weighted by atomic mass is 16.1. The molecule has 92 valence electrons. The van der Waals surface area contributed by atoms with Crippen LogP contribution in [0.1, 0.15) is 28.9 Å². The quantitative estimate of drug-likeness (QED) is 0.810. The molecule has 0 aliphatic carbocycles. The maximum absolute atomic E-state index is 12.0. The van der Waals surface area contributed by atoms with E-state index in [0.717, 1.165) is 11.3 Å². The van der Waals surface area contributed by atoms with Crippen LogP contribution in [0.5, 0.6) is 0 Å². The van der Waals surface area contributed by atoms with Crippen molar-refractivity contribution in [1.82, 2.24) is 5.32 Å². The van der Waals surface area contributed by atoms with Gasteiger partial charge in [0, 0.05) is 11.3 Å². The van der Waals surface area contributed by atoms with Gasteiger partial charge in [0.05, 0.1) is 6.04 Å². The Hall–Kier alpha value is -2.29. The first-order chi connectivity index (χ1) is 8.66. The third-order valence-electron chi connectivity index (χ3n) is 2.82. The molecule has 2 aromatic rings. The molecular weight excluding hydrogens is 224 g/mol. The van der Waals surface area contributed by atoms with Crippen LogP contribution in [-0.4, -0.2) is 5.91 Å². The number of hydrogen-bond acceptors (Lipinski definition) is 2. The zero-order chi connectivity index (χ0) is 13.0. The Bertz CT molecular complexity index is 520. The topological polar surface area (TPSA) is 55.1 Å². The standard InChI is InChI=1S/C15H16N2O/c1-11(12-7-9-14(16)10-8-12)17-15(18)13-5-3-2-4-6-13/h2-11H,16H2,1H3,(H,17,18). The fourth-order valence-corrected chi connectivity index (χ4v) is 1.74. The number of carbonyl (C=O) groups excluding carboxylic acids is 1. The van der Waals surface area contributed by atoms with E-state index in [0.29, 0.717) is 5.56 Å². The number of amides is 1. The Kier molecular flexibility index (Phi) is 3.63. The van der Waals surface area contributed by atoms with Crippen molar-refractivity contribution < 1.29 is 4.79 Å². The van der Waals surface area contributed by atoms with Gasteiger partial charge in [-0.3, -0.25) is 4.79 Å². The first-order valence-electron chi connectivity index (χ1n) is 5.88. The Morgan fingerprint density at radius 1 is 1.06 bits per heavy atom. The van der Waals surface area contributed by atoms with E-state index in [1.165, 1.54) is 0 Å². The van der Waals surface area contributed by atoms with Crippen LogP contribution in [0.25, 0.3) is 0 Å². The minimum Gasteiger partial charge on any atom is -0.399 e. The molecule has 0 saturated heterocycles. The van der Waals surface area contributed by atoms with E-state index in [1.54, 1.807) is 12.1 Å². The average Bonchev–Trinajstić information content (AvgIpc) is 2.40. The number of benzene rings is 2. The Morgan fingerprint density at radius 2 is 1.67 bits per heavy atom. The normalized spacial score (nSPS) is 11.8. The summed E-state index contributed by atoms with van der Waals surface area (Å²) in [6.07, 6.45) is 0. The molecular formula is C15H16N2O. The average molecular weight is 240 g/mol.